The van der Waals surface area contributed by atoms with E-state index >= 15 is 0 Å². The van der Waals surface area contributed by atoms with Crippen LogP contribution < -0.4 is 9.64 Å². The van der Waals surface area contributed by atoms with E-state index in [4.69, 9.17) is 4.74 Å². The maximum Gasteiger partial charge on any atom is 0.135 e. The van der Waals surface area contributed by atoms with Crippen LogP contribution in [0.1, 0.15) is 37.2 Å². The minimum Gasteiger partial charge on any atom is -0.495 e. The monoisotopic (exact) mass is 399 g/mol. The summed E-state index contributed by atoms with van der Waals surface area (Å²) in [6.45, 7) is 2.33. The van der Waals surface area contributed by atoms with E-state index in [-0.39, 0.29) is 0 Å². The summed E-state index contributed by atoms with van der Waals surface area (Å²) < 4.78 is 6.46. The molecule has 1 aliphatic heterocycles. The molecule has 0 bridgehead atoms. The van der Waals surface area contributed by atoms with Crippen LogP contribution in [0.15, 0.2) is 53.0 Å². The van der Waals surface area contributed by atoms with Crippen molar-refractivity contribution >= 4 is 21.6 Å². The number of methoxy groups -OCH3 is 1. The lowest BCUT2D eigenvalue weighted by Crippen LogP contribution is -2.33. The molecule has 0 radical (unpaired) electrons. The van der Waals surface area contributed by atoms with Crippen molar-refractivity contribution in [1.29, 1.82) is 0 Å². The number of anilines is 1. The van der Waals surface area contributed by atoms with Crippen LogP contribution in [0, 0.1) is 11.8 Å². The second kappa shape index (κ2) is 7.41. The molecule has 1 saturated heterocycles. The van der Waals surface area contributed by atoms with Crippen LogP contribution in [0.2, 0.25) is 0 Å². The molecule has 1 aliphatic carbocycles. The Balaban J connectivity index is 1.29. The molecule has 2 atom stereocenters. The topological polar surface area (TPSA) is 12.5 Å². The third-order valence-corrected chi connectivity index (χ3v) is 6.56. The summed E-state index contributed by atoms with van der Waals surface area (Å²) in [5, 5.41) is 0. The van der Waals surface area contributed by atoms with Gasteiger partial charge in [0.1, 0.15) is 5.75 Å². The Morgan fingerprint density at radius 3 is 2.56 bits per heavy atom. The van der Waals surface area contributed by atoms with Crippen LogP contribution in [0.25, 0.3) is 0 Å². The van der Waals surface area contributed by atoms with E-state index in [2.05, 4.69) is 69.4 Å². The van der Waals surface area contributed by atoms with Gasteiger partial charge in [-0.25, -0.2) is 0 Å². The summed E-state index contributed by atoms with van der Waals surface area (Å²) in [5.41, 5.74) is 2.83. The number of halogens is 1. The fourth-order valence-corrected chi connectivity index (χ4v) is 4.73. The van der Waals surface area contributed by atoms with Crippen LogP contribution >= 0.6 is 15.9 Å². The first kappa shape index (κ1) is 17.0. The fourth-order valence-electron chi connectivity index (χ4n) is 4.32. The first-order valence-electron chi connectivity index (χ1n) is 9.38. The molecule has 3 heteroatoms. The highest BCUT2D eigenvalue weighted by molar-refractivity contribution is 9.10. The van der Waals surface area contributed by atoms with Crippen LogP contribution in [-0.4, -0.2) is 20.2 Å². The third-order valence-electron chi connectivity index (χ3n) is 5.90. The van der Waals surface area contributed by atoms with E-state index in [1.54, 1.807) is 12.7 Å². The van der Waals surface area contributed by atoms with Gasteiger partial charge < -0.3 is 9.64 Å². The van der Waals surface area contributed by atoms with Crippen molar-refractivity contribution in [3.05, 3.63) is 58.6 Å². The Bertz CT molecular complexity index is 709. The summed E-state index contributed by atoms with van der Waals surface area (Å²) in [5.74, 6) is 3.57. The van der Waals surface area contributed by atoms with Gasteiger partial charge in [-0.05, 0) is 77.1 Å². The van der Waals surface area contributed by atoms with Gasteiger partial charge in [-0.2, -0.15) is 0 Å². The fraction of sp³-hybridized carbons (Fsp3) is 0.455. The second-order valence-corrected chi connectivity index (χ2v) is 8.35. The summed E-state index contributed by atoms with van der Waals surface area (Å²) >= 11 is 3.54. The molecule has 25 heavy (non-hydrogen) atoms. The molecule has 2 aromatic rings. The van der Waals surface area contributed by atoms with Crippen molar-refractivity contribution in [1.82, 2.24) is 0 Å². The van der Waals surface area contributed by atoms with E-state index < -0.39 is 0 Å². The van der Waals surface area contributed by atoms with E-state index in [1.165, 1.54) is 31.4 Å². The maximum atomic E-state index is 5.44. The highest BCUT2D eigenvalue weighted by Gasteiger charge is 2.39. The van der Waals surface area contributed by atoms with Gasteiger partial charge in [-0.15, -0.1) is 0 Å². The first-order chi connectivity index (χ1) is 12.2. The zero-order valence-corrected chi connectivity index (χ0v) is 16.4. The number of hydrogen-bond acceptors (Lipinski definition) is 2. The van der Waals surface area contributed by atoms with E-state index in [9.17, 15) is 0 Å². The van der Waals surface area contributed by atoms with Gasteiger partial charge in [0.15, 0.2) is 0 Å². The van der Waals surface area contributed by atoms with Crippen molar-refractivity contribution in [2.24, 2.45) is 11.8 Å². The van der Waals surface area contributed by atoms with Crippen LogP contribution in [0.3, 0.4) is 0 Å². The number of piperidine rings is 1. The average molecular weight is 400 g/mol. The third kappa shape index (κ3) is 3.87. The molecule has 2 aromatic carbocycles. The summed E-state index contributed by atoms with van der Waals surface area (Å²) in [4.78, 5) is 2.51. The van der Waals surface area contributed by atoms with Gasteiger partial charge in [0.25, 0.3) is 0 Å². The SMILES string of the molecule is COc1cc(N2CCC(CC3CC3c3ccccc3)CC2)ccc1Br. The van der Waals surface area contributed by atoms with Gasteiger partial charge in [0.05, 0.1) is 11.6 Å². The number of ether oxygens (including phenoxy) is 1. The van der Waals surface area contributed by atoms with Gasteiger partial charge in [0.2, 0.25) is 0 Å². The lowest BCUT2D eigenvalue weighted by atomic mass is 9.90. The van der Waals surface area contributed by atoms with Crippen molar-refractivity contribution in [2.45, 2.75) is 31.6 Å². The summed E-state index contributed by atoms with van der Waals surface area (Å²) in [6.07, 6.45) is 5.44. The zero-order valence-electron chi connectivity index (χ0n) is 14.8. The van der Waals surface area contributed by atoms with Crippen molar-refractivity contribution in [2.75, 3.05) is 25.1 Å². The van der Waals surface area contributed by atoms with Crippen molar-refractivity contribution in [3.63, 3.8) is 0 Å². The molecule has 2 nitrogen and oxygen atoms in total. The molecule has 2 fully saturated rings. The van der Waals surface area contributed by atoms with Crippen LogP contribution in [-0.2, 0) is 0 Å². The number of nitrogens with zero attached hydrogens (tertiary/aromatic N) is 1. The Kier molecular flexibility index (Phi) is 5.03. The average Bonchev–Trinajstić information content (AvgIpc) is 3.43. The second-order valence-electron chi connectivity index (χ2n) is 7.50. The summed E-state index contributed by atoms with van der Waals surface area (Å²) in [7, 11) is 1.73. The Hall–Kier alpha value is -1.48. The van der Waals surface area contributed by atoms with Gasteiger partial charge in [-0.3, -0.25) is 0 Å². The van der Waals surface area contributed by atoms with Crippen LogP contribution in [0.4, 0.5) is 5.69 Å². The van der Waals surface area contributed by atoms with E-state index in [0.717, 1.165) is 41.1 Å². The molecular formula is C22H26BrNO. The zero-order chi connectivity index (χ0) is 17.2. The molecule has 4 rings (SSSR count). The predicted octanol–water partition coefficient (Wildman–Crippen LogP) is 5.87. The van der Waals surface area contributed by atoms with Crippen molar-refractivity contribution in [3.8, 4) is 5.75 Å². The summed E-state index contributed by atoms with van der Waals surface area (Å²) in [6, 6.07) is 17.5. The van der Waals surface area contributed by atoms with E-state index in [1.807, 2.05) is 0 Å². The van der Waals surface area contributed by atoms with Crippen LogP contribution in [0.5, 0.6) is 5.75 Å². The molecule has 0 spiro atoms. The Morgan fingerprint density at radius 2 is 1.84 bits per heavy atom. The minimum absolute atomic E-state index is 0.829. The van der Waals surface area contributed by atoms with Crippen molar-refractivity contribution < 1.29 is 4.74 Å². The lowest BCUT2D eigenvalue weighted by Gasteiger charge is -2.34. The lowest BCUT2D eigenvalue weighted by molar-refractivity contribution is 0.361. The highest BCUT2D eigenvalue weighted by Crippen LogP contribution is 2.51. The molecule has 2 unspecified atom stereocenters. The highest BCUT2D eigenvalue weighted by atomic mass is 79.9. The number of hydrogen-bond donors (Lipinski definition) is 0. The maximum absolute atomic E-state index is 5.44. The Labute approximate surface area is 159 Å². The van der Waals surface area contributed by atoms with Gasteiger partial charge >= 0.3 is 0 Å². The minimum atomic E-state index is 0.829. The van der Waals surface area contributed by atoms with Gasteiger partial charge in [0, 0.05) is 24.8 Å². The number of benzene rings is 2. The largest absolute Gasteiger partial charge is 0.495 e. The molecular weight excluding hydrogens is 374 g/mol. The molecule has 1 heterocycles. The first-order valence-corrected chi connectivity index (χ1v) is 10.2. The molecule has 2 aliphatic rings. The van der Waals surface area contributed by atoms with Gasteiger partial charge in [-0.1, -0.05) is 30.3 Å². The molecule has 1 saturated carbocycles. The normalized spacial score (nSPS) is 23.5. The smallest absolute Gasteiger partial charge is 0.135 e. The molecule has 0 aromatic heterocycles. The predicted molar refractivity (Wildman–Crippen MR) is 108 cm³/mol. The number of rotatable bonds is 5. The standard InChI is InChI=1S/C22H26BrNO/c1-25-22-15-19(7-8-21(22)23)24-11-9-16(10-12-24)13-18-14-20(18)17-5-3-2-4-6-17/h2-8,15-16,18,20H,9-14H2,1H3. The van der Waals surface area contributed by atoms with E-state index in [0.29, 0.717) is 0 Å². The molecule has 0 amide bonds. The molecule has 132 valence electrons. The quantitative estimate of drug-likeness (QED) is 0.623. The molecule has 0 N–H and O–H groups in total. The Morgan fingerprint density at radius 1 is 1.08 bits per heavy atom.